The van der Waals surface area contributed by atoms with Crippen molar-refractivity contribution in [2.45, 2.75) is 5.92 Å². The second kappa shape index (κ2) is 10.2. The van der Waals surface area contributed by atoms with Crippen molar-refractivity contribution in [2.24, 2.45) is 0 Å². The lowest BCUT2D eigenvalue weighted by Crippen LogP contribution is -2.26. The van der Waals surface area contributed by atoms with Crippen molar-refractivity contribution in [1.29, 1.82) is 0 Å². The molecule has 1 aliphatic carbocycles. The standard InChI is InChI=1S/C27H28N2O3/c1-29(17-18-30)21-14-12-20(13-15-21)7-6-16-28-27(31)32-19-26-24-10-4-2-8-22(24)23-9-3-5-11-25(23)26/h2-15,26,30H,16-19H2,1H3,(H,28,31). The smallest absolute Gasteiger partial charge is 0.407 e. The number of carbonyl (C=O) groups excluding carboxylic acids is 1. The maximum absolute atomic E-state index is 12.2. The quantitative estimate of drug-likeness (QED) is 0.548. The first kappa shape index (κ1) is 21.7. The lowest BCUT2D eigenvalue weighted by atomic mass is 9.98. The van der Waals surface area contributed by atoms with Crippen molar-refractivity contribution < 1.29 is 14.6 Å². The molecule has 0 saturated heterocycles. The topological polar surface area (TPSA) is 61.8 Å². The van der Waals surface area contributed by atoms with Crippen LogP contribution < -0.4 is 10.2 Å². The van der Waals surface area contributed by atoms with Gasteiger partial charge in [0.2, 0.25) is 0 Å². The molecule has 5 nitrogen and oxygen atoms in total. The van der Waals surface area contributed by atoms with E-state index in [-0.39, 0.29) is 12.5 Å². The number of carbonyl (C=O) groups is 1. The van der Waals surface area contributed by atoms with Crippen LogP contribution in [0.5, 0.6) is 0 Å². The Bertz CT molecular complexity index is 1050. The largest absolute Gasteiger partial charge is 0.449 e. The van der Waals surface area contributed by atoms with Gasteiger partial charge in [0.05, 0.1) is 6.61 Å². The second-order valence-corrected chi connectivity index (χ2v) is 7.85. The first-order valence-electron chi connectivity index (χ1n) is 10.8. The number of likely N-dealkylation sites (N-methyl/N-ethyl adjacent to an activating group) is 1. The van der Waals surface area contributed by atoms with Gasteiger partial charge >= 0.3 is 6.09 Å². The number of fused-ring (bicyclic) bond motifs is 3. The van der Waals surface area contributed by atoms with Crippen molar-refractivity contribution in [3.63, 3.8) is 0 Å². The van der Waals surface area contributed by atoms with Gasteiger partial charge in [0.25, 0.3) is 0 Å². The monoisotopic (exact) mass is 428 g/mol. The summed E-state index contributed by atoms with van der Waals surface area (Å²) in [5.74, 6) is 0.0613. The van der Waals surface area contributed by atoms with E-state index in [0.717, 1.165) is 11.3 Å². The highest BCUT2D eigenvalue weighted by Gasteiger charge is 2.28. The molecule has 0 bridgehead atoms. The van der Waals surface area contributed by atoms with Crippen molar-refractivity contribution in [3.8, 4) is 11.1 Å². The third-order valence-corrected chi connectivity index (χ3v) is 5.79. The Labute approximate surface area is 189 Å². The summed E-state index contributed by atoms with van der Waals surface area (Å²) >= 11 is 0. The molecule has 2 N–H and O–H groups in total. The van der Waals surface area contributed by atoms with Crippen molar-refractivity contribution in [3.05, 3.63) is 95.6 Å². The molecule has 0 spiro atoms. The number of ether oxygens (including phenoxy) is 1. The molecule has 0 radical (unpaired) electrons. The van der Waals surface area contributed by atoms with E-state index >= 15 is 0 Å². The third-order valence-electron chi connectivity index (χ3n) is 5.79. The van der Waals surface area contributed by atoms with Crippen molar-refractivity contribution in [1.82, 2.24) is 5.32 Å². The SMILES string of the molecule is CN(CCO)c1ccc(C=CCNC(=O)OCC2c3ccccc3-c3ccccc32)cc1. The van der Waals surface area contributed by atoms with Gasteiger partial charge in [-0.2, -0.15) is 0 Å². The van der Waals surface area contributed by atoms with Gasteiger partial charge in [0.15, 0.2) is 0 Å². The highest BCUT2D eigenvalue weighted by molar-refractivity contribution is 5.79. The summed E-state index contributed by atoms with van der Waals surface area (Å²) in [5.41, 5.74) is 6.93. The molecule has 0 unspecified atom stereocenters. The molecule has 3 aromatic carbocycles. The van der Waals surface area contributed by atoms with Gasteiger partial charge in [-0.15, -0.1) is 0 Å². The van der Waals surface area contributed by atoms with Crippen LogP contribution in [0.25, 0.3) is 17.2 Å². The molecule has 0 atom stereocenters. The number of aliphatic hydroxyl groups excluding tert-OH is 1. The highest BCUT2D eigenvalue weighted by Crippen LogP contribution is 2.44. The normalized spacial score (nSPS) is 12.4. The summed E-state index contributed by atoms with van der Waals surface area (Å²) in [6.07, 6.45) is 3.44. The number of alkyl carbamates (subject to hydrolysis) is 1. The van der Waals surface area contributed by atoms with E-state index in [9.17, 15) is 4.79 Å². The minimum atomic E-state index is -0.419. The zero-order valence-corrected chi connectivity index (χ0v) is 18.2. The molecule has 0 saturated carbocycles. The van der Waals surface area contributed by atoms with Crippen LogP contribution in [0.2, 0.25) is 0 Å². The van der Waals surface area contributed by atoms with Crippen LogP contribution in [-0.4, -0.2) is 44.6 Å². The second-order valence-electron chi connectivity index (χ2n) is 7.85. The molecule has 1 amide bonds. The molecule has 0 aromatic heterocycles. The van der Waals surface area contributed by atoms with E-state index in [1.54, 1.807) is 0 Å². The number of hydrogen-bond acceptors (Lipinski definition) is 4. The Morgan fingerprint density at radius 1 is 1.00 bits per heavy atom. The molecule has 0 aliphatic heterocycles. The van der Waals surface area contributed by atoms with Gasteiger partial charge in [-0.05, 0) is 39.9 Å². The Balaban J connectivity index is 1.27. The van der Waals surface area contributed by atoms with E-state index in [1.165, 1.54) is 22.3 Å². The Morgan fingerprint density at radius 2 is 1.62 bits per heavy atom. The Kier molecular flexibility index (Phi) is 6.87. The minimum Gasteiger partial charge on any atom is -0.449 e. The summed E-state index contributed by atoms with van der Waals surface area (Å²) in [5, 5.41) is 11.8. The first-order chi connectivity index (χ1) is 15.7. The number of hydrogen-bond donors (Lipinski definition) is 2. The third kappa shape index (κ3) is 4.84. The number of nitrogens with one attached hydrogen (secondary N) is 1. The van der Waals surface area contributed by atoms with Gasteiger partial charge in [-0.1, -0.05) is 72.8 Å². The molecule has 3 aromatic rings. The predicted molar refractivity (Wildman–Crippen MR) is 129 cm³/mol. The van der Waals surface area contributed by atoms with Gasteiger partial charge < -0.3 is 20.1 Å². The first-order valence-corrected chi connectivity index (χ1v) is 10.8. The maximum Gasteiger partial charge on any atom is 0.407 e. The highest BCUT2D eigenvalue weighted by atomic mass is 16.5. The number of rotatable bonds is 8. The molecule has 32 heavy (non-hydrogen) atoms. The lowest BCUT2D eigenvalue weighted by Gasteiger charge is -2.17. The molecular weight excluding hydrogens is 400 g/mol. The molecular formula is C27H28N2O3. The Hall–Kier alpha value is -3.57. The predicted octanol–water partition coefficient (Wildman–Crippen LogP) is 4.67. The van der Waals surface area contributed by atoms with Crippen LogP contribution in [0.1, 0.15) is 22.6 Å². The average Bonchev–Trinajstić information content (AvgIpc) is 3.15. The van der Waals surface area contributed by atoms with E-state index < -0.39 is 6.09 Å². The fraction of sp³-hybridized carbons (Fsp3) is 0.222. The van der Waals surface area contributed by atoms with Crippen LogP contribution in [0.3, 0.4) is 0 Å². The molecule has 1 aliphatic rings. The van der Waals surface area contributed by atoms with E-state index in [1.807, 2.05) is 72.6 Å². The minimum absolute atomic E-state index is 0.0613. The van der Waals surface area contributed by atoms with Crippen LogP contribution in [-0.2, 0) is 4.74 Å². The maximum atomic E-state index is 12.2. The van der Waals surface area contributed by atoms with Crippen LogP contribution >= 0.6 is 0 Å². The zero-order valence-electron chi connectivity index (χ0n) is 18.2. The summed E-state index contributed by atoms with van der Waals surface area (Å²) < 4.78 is 5.55. The van der Waals surface area contributed by atoms with Crippen LogP contribution in [0.4, 0.5) is 10.5 Å². The van der Waals surface area contributed by atoms with Gasteiger partial charge in [0.1, 0.15) is 6.61 Å². The molecule has 4 rings (SSSR count). The van der Waals surface area contributed by atoms with Gasteiger partial charge in [-0.3, -0.25) is 0 Å². The van der Waals surface area contributed by atoms with Crippen LogP contribution in [0.15, 0.2) is 78.9 Å². The van der Waals surface area contributed by atoms with Gasteiger partial charge in [0, 0.05) is 31.7 Å². The number of aliphatic hydroxyl groups is 1. The fourth-order valence-corrected chi connectivity index (χ4v) is 4.11. The van der Waals surface area contributed by atoms with Crippen molar-refractivity contribution >= 4 is 17.9 Å². The summed E-state index contributed by atoms with van der Waals surface area (Å²) in [6.45, 7) is 1.42. The van der Waals surface area contributed by atoms with E-state index in [2.05, 4.69) is 29.6 Å². The van der Waals surface area contributed by atoms with Gasteiger partial charge in [-0.25, -0.2) is 4.79 Å². The fourth-order valence-electron chi connectivity index (χ4n) is 4.11. The number of nitrogens with zero attached hydrogens (tertiary/aromatic N) is 1. The van der Waals surface area contributed by atoms with Crippen LogP contribution in [0, 0.1) is 0 Å². The number of anilines is 1. The number of benzene rings is 3. The zero-order chi connectivity index (χ0) is 22.3. The van der Waals surface area contributed by atoms with Crippen molar-refractivity contribution in [2.75, 3.05) is 38.3 Å². The number of amides is 1. The van der Waals surface area contributed by atoms with E-state index in [0.29, 0.717) is 19.7 Å². The lowest BCUT2D eigenvalue weighted by molar-refractivity contribution is 0.144. The molecule has 164 valence electrons. The molecule has 5 heteroatoms. The average molecular weight is 429 g/mol. The summed E-state index contributed by atoms with van der Waals surface area (Å²) in [6, 6.07) is 24.6. The summed E-state index contributed by atoms with van der Waals surface area (Å²) in [4.78, 5) is 14.2. The molecule has 0 fully saturated rings. The molecule has 0 heterocycles. The Morgan fingerprint density at radius 3 is 2.25 bits per heavy atom. The summed E-state index contributed by atoms with van der Waals surface area (Å²) in [7, 11) is 1.94. The van der Waals surface area contributed by atoms with E-state index in [4.69, 9.17) is 9.84 Å².